The standard InChI is InChI=1S/C14H23ClN4O/c1-10(2)19-14(20)13(15)12(8-17-19)18-7-3-4-11(9-18)5-6-16/h8,10-11H,3-7,9,16H2,1-2H3. The third kappa shape index (κ3) is 3.15. The third-order valence-electron chi connectivity index (χ3n) is 3.85. The summed E-state index contributed by atoms with van der Waals surface area (Å²) in [5, 5.41) is 4.52. The van der Waals surface area contributed by atoms with Crippen LogP contribution >= 0.6 is 11.6 Å². The SMILES string of the molecule is CC(C)n1ncc(N2CCCC(CCN)C2)c(Cl)c1=O. The molecule has 0 aromatic carbocycles. The largest absolute Gasteiger partial charge is 0.369 e. The van der Waals surface area contributed by atoms with E-state index in [1.54, 1.807) is 6.20 Å². The van der Waals surface area contributed by atoms with Crippen LogP contribution in [0.2, 0.25) is 5.02 Å². The lowest BCUT2D eigenvalue weighted by molar-refractivity contribution is 0.395. The summed E-state index contributed by atoms with van der Waals surface area (Å²) in [5.74, 6) is 0.581. The highest BCUT2D eigenvalue weighted by molar-refractivity contribution is 6.33. The molecule has 20 heavy (non-hydrogen) atoms. The van der Waals surface area contributed by atoms with Crippen molar-refractivity contribution in [2.75, 3.05) is 24.5 Å². The van der Waals surface area contributed by atoms with E-state index in [1.165, 1.54) is 11.1 Å². The van der Waals surface area contributed by atoms with Crippen molar-refractivity contribution in [2.24, 2.45) is 11.7 Å². The molecule has 1 aromatic rings. The van der Waals surface area contributed by atoms with E-state index in [2.05, 4.69) is 10.00 Å². The van der Waals surface area contributed by atoms with Gasteiger partial charge in [0.25, 0.3) is 5.56 Å². The Hall–Kier alpha value is -1.07. The second-order valence-electron chi connectivity index (χ2n) is 5.72. The molecule has 0 radical (unpaired) electrons. The first-order chi connectivity index (χ1) is 9.54. The number of hydrogen-bond acceptors (Lipinski definition) is 4. The summed E-state index contributed by atoms with van der Waals surface area (Å²) in [4.78, 5) is 14.4. The van der Waals surface area contributed by atoms with E-state index < -0.39 is 0 Å². The molecule has 5 nitrogen and oxygen atoms in total. The highest BCUT2D eigenvalue weighted by atomic mass is 35.5. The average molecular weight is 299 g/mol. The van der Waals surface area contributed by atoms with Crippen molar-refractivity contribution in [3.8, 4) is 0 Å². The van der Waals surface area contributed by atoms with Crippen LogP contribution < -0.4 is 16.2 Å². The van der Waals surface area contributed by atoms with Crippen LogP contribution in [0.3, 0.4) is 0 Å². The van der Waals surface area contributed by atoms with E-state index in [0.717, 1.165) is 31.6 Å². The lowest BCUT2D eigenvalue weighted by Crippen LogP contribution is -2.38. The number of aromatic nitrogens is 2. The van der Waals surface area contributed by atoms with Crippen molar-refractivity contribution in [3.05, 3.63) is 21.6 Å². The summed E-state index contributed by atoms with van der Waals surface area (Å²) in [6, 6.07) is 0.0143. The number of nitrogens with zero attached hydrogens (tertiary/aromatic N) is 3. The van der Waals surface area contributed by atoms with Crippen LogP contribution in [0.25, 0.3) is 0 Å². The van der Waals surface area contributed by atoms with Crippen LogP contribution in [0.4, 0.5) is 5.69 Å². The number of anilines is 1. The van der Waals surface area contributed by atoms with Gasteiger partial charge in [-0.2, -0.15) is 5.10 Å². The molecule has 1 aromatic heterocycles. The molecule has 1 fully saturated rings. The van der Waals surface area contributed by atoms with Crippen LogP contribution in [-0.2, 0) is 0 Å². The smallest absolute Gasteiger partial charge is 0.287 e. The van der Waals surface area contributed by atoms with E-state index in [0.29, 0.717) is 12.5 Å². The number of halogens is 1. The molecule has 1 aliphatic rings. The highest BCUT2D eigenvalue weighted by Crippen LogP contribution is 2.28. The second-order valence-corrected chi connectivity index (χ2v) is 6.10. The molecular weight excluding hydrogens is 276 g/mol. The second kappa shape index (κ2) is 6.59. The Bertz CT molecular complexity index is 512. The Kier molecular flexibility index (Phi) is 5.05. The molecule has 6 heteroatoms. The molecule has 0 spiro atoms. The molecule has 1 saturated heterocycles. The Morgan fingerprint density at radius 2 is 2.30 bits per heavy atom. The quantitative estimate of drug-likeness (QED) is 0.924. The summed E-state index contributed by atoms with van der Waals surface area (Å²) in [6.07, 6.45) is 5.04. The third-order valence-corrected chi connectivity index (χ3v) is 4.20. The molecule has 0 amide bonds. The zero-order chi connectivity index (χ0) is 14.7. The summed E-state index contributed by atoms with van der Waals surface area (Å²) in [6.45, 7) is 6.38. The van der Waals surface area contributed by atoms with Crippen LogP contribution in [0, 0.1) is 5.92 Å². The van der Waals surface area contributed by atoms with Gasteiger partial charge in [0.1, 0.15) is 5.02 Å². The minimum absolute atomic E-state index is 0.0143. The van der Waals surface area contributed by atoms with Crippen molar-refractivity contribution in [1.29, 1.82) is 0 Å². The average Bonchev–Trinajstić information content (AvgIpc) is 2.42. The first-order valence-corrected chi connectivity index (χ1v) is 7.64. The van der Waals surface area contributed by atoms with Crippen molar-refractivity contribution in [3.63, 3.8) is 0 Å². The Balaban J connectivity index is 2.25. The molecular formula is C14H23ClN4O. The minimum atomic E-state index is -0.208. The normalized spacial score (nSPS) is 19.6. The Morgan fingerprint density at radius 1 is 1.55 bits per heavy atom. The van der Waals surface area contributed by atoms with Crippen LogP contribution in [0.1, 0.15) is 39.2 Å². The van der Waals surface area contributed by atoms with Crippen molar-refractivity contribution in [1.82, 2.24) is 9.78 Å². The monoisotopic (exact) mass is 298 g/mol. The zero-order valence-electron chi connectivity index (χ0n) is 12.2. The summed E-state index contributed by atoms with van der Waals surface area (Å²) in [7, 11) is 0. The topological polar surface area (TPSA) is 64.2 Å². The van der Waals surface area contributed by atoms with Crippen LogP contribution in [-0.4, -0.2) is 29.4 Å². The fraction of sp³-hybridized carbons (Fsp3) is 0.714. The van der Waals surface area contributed by atoms with Gasteiger partial charge in [0.15, 0.2) is 0 Å². The predicted octanol–water partition coefficient (Wildman–Crippen LogP) is 2.04. The van der Waals surface area contributed by atoms with Gasteiger partial charge in [0, 0.05) is 13.1 Å². The molecule has 0 aliphatic carbocycles. The molecule has 2 heterocycles. The van der Waals surface area contributed by atoms with E-state index in [9.17, 15) is 4.79 Å². The fourth-order valence-electron chi connectivity index (χ4n) is 2.78. The van der Waals surface area contributed by atoms with E-state index in [-0.39, 0.29) is 16.6 Å². The van der Waals surface area contributed by atoms with Crippen LogP contribution in [0.15, 0.2) is 11.0 Å². The fourth-order valence-corrected chi connectivity index (χ4v) is 3.03. The van der Waals surface area contributed by atoms with Crippen molar-refractivity contribution in [2.45, 2.75) is 39.2 Å². The first kappa shape index (κ1) is 15.3. The summed E-state index contributed by atoms with van der Waals surface area (Å²) >= 11 is 6.26. The molecule has 2 N–H and O–H groups in total. The summed E-state index contributed by atoms with van der Waals surface area (Å²) < 4.78 is 1.42. The van der Waals surface area contributed by atoms with Crippen LogP contribution in [0.5, 0.6) is 0 Å². The predicted molar refractivity (Wildman–Crippen MR) is 82.5 cm³/mol. The molecule has 0 bridgehead atoms. The van der Waals surface area contributed by atoms with Crippen molar-refractivity contribution >= 4 is 17.3 Å². The zero-order valence-corrected chi connectivity index (χ0v) is 12.9. The van der Waals surface area contributed by atoms with Gasteiger partial charge >= 0.3 is 0 Å². The van der Waals surface area contributed by atoms with Gasteiger partial charge in [0.05, 0.1) is 17.9 Å². The maximum absolute atomic E-state index is 12.2. The number of hydrogen-bond donors (Lipinski definition) is 1. The molecule has 112 valence electrons. The van der Waals surface area contributed by atoms with E-state index in [1.807, 2.05) is 13.8 Å². The number of rotatable bonds is 4. The molecule has 1 aliphatic heterocycles. The molecule has 0 saturated carbocycles. The Labute approximate surface area is 124 Å². The van der Waals surface area contributed by atoms with Gasteiger partial charge in [-0.1, -0.05) is 11.6 Å². The highest BCUT2D eigenvalue weighted by Gasteiger charge is 2.23. The lowest BCUT2D eigenvalue weighted by Gasteiger charge is -2.34. The number of nitrogens with two attached hydrogens (primary N) is 1. The summed E-state index contributed by atoms with van der Waals surface area (Å²) in [5.41, 5.74) is 6.19. The van der Waals surface area contributed by atoms with Gasteiger partial charge in [-0.3, -0.25) is 4.79 Å². The van der Waals surface area contributed by atoms with Gasteiger partial charge in [0.2, 0.25) is 0 Å². The van der Waals surface area contributed by atoms with Gasteiger partial charge in [-0.05, 0) is 45.6 Å². The maximum atomic E-state index is 12.2. The molecule has 1 unspecified atom stereocenters. The molecule has 1 atom stereocenters. The first-order valence-electron chi connectivity index (χ1n) is 7.27. The molecule has 2 rings (SSSR count). The van der Waals surface area contributed by atoms with E-state index in [4.69, 9.17) is 17.3 Å². The number of piperidine rings is 1. The van der Waals surface area contributed by atoms with Gasteiger partial charge in [-0.15, -0.1) is 0 Å². The van der Waals surface area contributed by atoms with Crippen molar-refractivity contribution < 1.29 is 0 Å². The van der Waals surface area contributed by atoms with E-state index >= 15 is 0 Å². The minimum Gasteiger partial charge on any atom is -0.369 e. The lowest BCUT2D eigenvalue weighted by atomic mass is 9.94. The Morgan fingerprint density at radius 3 is 2.95 bits per heavy atom. The van der Waals surface area contributed by atoms with Gasteiger partial charge in [-0.25, -0.2) is 4.68 Å². The van der Waals surface area contributed by atoms with Gasteiger partial charge < -0.3 is 10.6 Å². The maximum Gasteiger partial charge on any atom is 0.287 e.